The third-order valence-corrected chi connectivity index (χ3v) is 2.34. The van der Waals surface area contributed by atoms with Crippen LogP contribution in [0.15, 0.2) is 0 Å². The molecular formula is C9H15F3N2O2. The number of hydrogen-bond acceptors (Lipinski definition) is 2. The summed E-state index contributed by atoms with van der Waals surface area (Å²) in [4.78, 5) is 14.2. The Morgan fingerprint density at radius 1 is 1.38 bits per heavy atom. The minimum atomic E-state index is -4.22. The molecule has 0 saturated carbocycles. The quantitative estimate of drug-likeness (QED) is 0.729. The summed E-state index contributed by atoms with van der Waals surface area (Å²) in [5.41, 5.74) is 0. The number of alkyl halides is 3. The Labute approximate surface area is 91.9 Å². The minimum Gasteiger partial charge on any atom is -0.378 e. The first-order valence-corrected chi connectivity index (χ1v) is 5.05. The molecule has 0 spiro atoms. The maximum atomic E-state index is 12.0. The van der Waals surface area contributed by atoms with Gasteiger partial charge in [0.2, 0.25) is 0 Å². The lowest BCUT2D eigenvalue weighted by Crippen LogP contribution is -2.47. The fourth-order valence-corrected chi connectivity index (χ4v) is 1.39. The second-order valence-electron chi connectivity index (χ2n) is 3.67. The van der Waals surface area contributed by atoms with Gasteiger partial charge in [0.25, 0.3) is 0 Å². The summed E-state index contributed by atoms with van der Waals surface area (Å²) in [5, 5.41) is 0. The summed E-state index contributed by atoms with van der Waals surface area (Å²) in [7, 11) is 1.38. The van der Waals surface area contributed by atoms with Gasteiger partial charge >= 0.3 is 12.2 Å². The fourth-order valence-electron chi connectivity index (χ4n) is 1.39. The molecule has 0 atom stereocenters. The van der Waals surface area contributed by atoms with Gasteiger partial charge < -0.3 is 14.5 Å². The van der Waals surface area contributed by atoms with E-state index < -0.39 is 12.6 Å². The van der Waals surface area contributed by atoms with Gasteiger partial charge in [-0.3, -0.25) is 0 Å². The van der Waals surface area contributed by atoms with Crippen LogP contribution in [0.2, 0.25) is 0 Å². The summed E-state index contributed by atoms with van der Waals surface area (Å²) in [6.07, 6.45) is -5.20. The number of halogens is 3. The number of carbonyl (C=O) groups is 1. The first-order valence-electron chi connectivity index (χ1n) is 5.05. The highest BCUT2D eigenvalue weighted by Gasteiger charge is 2.29. The van der Waals surface area contributed by atoms with Crippen molar-refractivity contribution in [2.45, 2.75) is 12.6 Å². The van der Waals surface area contributed by atoms with Crippen molar-refractivity contribution in [2.24, 2.45) is 0 Å². The van der Waals surface area contributed by atoms with Crippen LogP contribution in [0.3, 0.4) is 0 Å². The highest BCUT2D eigenvalue weighted by atomic mass is 19.4. The smallest absolute Gasteiger partial charge is 0.378 e. The van der Waals surface area contributed by atoms with Gasteiger partial charge in [-0.15, -0.1) is 0 Å². The second kappa shape index (κ2) is 5.38. The molecule has 1 rings (SSSR count). The minimum absolute atomic E-state index is 0.306. The number of nitrogens with zero attached hydrogens (tertiary/aromatic N) is 2. The van der Waals surface area contributed by atoms with Crippen molar-refractivity contribution in [3.63, 3.8) is 0 Å². The predicted octanol–water partition coefficient (Wildman–Crippen LogP) is 1.32. The summed E-state index contributed by atoms with van der Waals surface area (Å²) in [6, 6.07) is -0.368. The van der Waals surface area contributed by atoms with Crippen LogP contribution in [-0.4, -0.2) is 61.9 Å². The number of ether oxygens (including phenoxy) is 1. The zero-order valence-corrected chi connectivity index (χ0v) is 9.09. The van der Waals surface area contributed by atoms with Crippen LogP contribution in [0.1, 0.15) is 6.42 Å². The molecule has 1 aliphatic rings. The van der Waals surface area contributed by atoms with Crippen LogP contribution < -0.4 is 0 Å². The van der Waals surface area contributed by atoms with Gasteiger partial charge in [-0.2, -0.15) is 13.2 Å². The van der Waals surface area contributed by atoms with Gasteiger partial charge in [-0.05, 0) is 0 Å². The van der Waals surface area contributed by atoms with Crippen LogP contribution >= 0.6 is 0 Å². The van der Waals surface area contributed by atoms with Crippen LogP contribution in [0.5, 0.6) is 0 Å². The van der Waals surface area contributed by atoms with Crippen LogP contribution in [0, 0.1) is 0 Å². The number of urea groups is 1. The normalized spacial score (nSPS) is 17.4. The SMILES string of the molecule is CN(CCC(F)(F)F)C(=O)N1CCOCC1. The van der Waals surface area contributed by atoms with E-state index >= 15 is 0 Å². The first-order chi connectivity index (χ1) is 7.40. The topological polar surface area (TPSA) is 32.8 Å². The van der Waals surface area contributed by atoms with Gasteiger partial charge in [-0.25, -0.2) is 4.79 Å². The molecule has 0 aromatic rings. The zero-order valence-electron chi connectivity index (χ0n) is 9.09. The van der Waals surface area contributed by atoms with E-state index in [9.17, 15) is 18.0 Å². The Hall–Kier alpha value is -0.980. The van der Waals surface area contributed by atoms with Crippen molar-refractivity contribution in [2.75, 3.05) is 39.9 Å². The van der Waals surface area contributed by atoms with Crippen molar-refractivity contribution in [1.29, 1.82) is 0 Å². The molecule has 0 bridgehead atoms. The Balaban J connectivity index is 2.34. The van der Waals surface area contributed by atoms with Crippen molar-refractivity contribution < 1.29 is 22.7 Å². The summed E-state index contributed by atoms with van der Waals surface area (Å²) in [5.74, 6) is 0. The molecule has 7 heteroatoms. The van der Waals surface area contributed by atoms with E-state index in [0.717, 1.165) is 4.90 Å². The van der Waals surface area contributed by atoms with Crippen LogP contribution in [-0.2, 0) is 4.74 Å². The maximum Gasteiger partial charge on any atom is 0.390 e. The third-order valence-electron chi connectivity index (χ3n) is 2.34. The molecule has 0 aromatic heterocycles. The molecule has 4 nitrogen and oxygen atoms in total. The highest BCUT2D eigenvalue weighted by Crippen LogP contribution is 2.19. The molecule has 16 heavy (non-hydrogen) atoms. The molecule has 1 fully saturated rings. The monoisotopic (exact) mass is 240 g/mol. The molecule has 0 radical (unpaired) electrons. The lowest BCUT2D eigenvalue weighted by Gasteiger charge is -2.31. The number of amides is 2. The van der Waals surface area contributed by atoms with Crippen LogP contribution in [0.4, 0.5) is 18.0 Å². The van der Waals surface area contributed by atoms with Gasteiger partial charge in [0.05, 0.1) is 19.6 Å². The van der Waals surface area contributed by atoms with Gasteiger partial charge in [0.1, 0.15) is 0 Å². The predicted molar refractivity (Wildman–Crippen MR) is 51.1 cm³/mol. The Morgan fingerprint density at radius 3 is 2.44 bits per heavy atom. The molecule has 1 heterocycles. The van der Waals surface area contributed by atoms with Crippen LogP contribution in [0.25, 0.3) is 0 Å². The second-order valence-corrected chi connectivity index (χ2v) is 3.67. The maximum absolute atomic E-state index is 12.0. The average molecular weight is 240 g/mol. The zero-order chi connectivity index (χ0) is 12.2. The van der Waals surface area contributed by atoms with Gasteiger partial charge in [0, 0.05) is 26.7 Å². The van der Waals surface area contributed by atoms with Crippen molar-refractivity contribution >= 4 is 6.03 Å². The molecule has 0 unspecified atom stereocenters. The largest absolute Gasteiger partial charge is 0.390 e. The Bertz CT molecular complexity index is 239. The third kappa shape index (κ3) is 4.26. The standard InChI is InChI=1S/C9H15F3N2O2/c1-13(3-2-9(10,11)12)8(15)14-4-6-16-7-5-14/h2-7H2,1H3. The Morgan fingerprint density at radius 2 is 1.94 bits per heavy atom. The molecular weight excluding hydrogens is 225 g/mol. The molecule has 1 aliphatic heterocycles. The van der Waals surface area contributed by atoms with Gasteiger partial charge in [0.15, 0.2) is 0 Å². The van der Waals surface area contributed by atoms with E-state index in [1.165, 1.54) is 11.9 Å². The number of rotatable bonds is 2. The summed E-state index contributed by atoms with van der Waals surface area (Å²) < 4.78 is 40.9. The first kappa shape index (κ1) is 13.1. The summed E-state index contributed by atoms with van der Waals surface area (Å²) in [6.45, 7) is 1.46. The molecule has 0 N–H and O–H groups in total. The van der Waals surface area contributed by atoms with E-state index in [1.807, 2.05) is 0 Å². The summed E-state index contributed by atoms with van der Waals surface area (Å²) >= 11 is 0. The molecule has 0 aromatic carbocycles. The number of carbonyl (C=O) groups excluding carboxylic acids is 1. The van der Waals surface area contributed by atoms with Crippen molar-refractivity contribution in [3.05, 3.63) is 0 Å². The van der Waals surface area contributed by atoms with Crippen molar-refractivity contribution in [3.8, 4) is 0 Å². The molecule has 0 aliphatic carbocycles. The van der Waals surface area contributed by atoms with Crippen molar-refractivity contribution in [1.82, 2.24) is 9.80 Å². The van der Waals surface area contributed by atoms with E-state index in [-0.39, 0.29) is 12.6 Å². The number of hydrogen-bond donors (Lipinski definition) is 0. The molecule has 1 saturated heterocycles. The van der Waals surface area contributed by atoms with E-state index in [0.29, 0.717) is 26.3 Å². The molecule has 94 valence electrons. The van der Waals surface area contributed by atoms with E-state index in [2.05, 4.69) is 0 Å². The van der Waals surface area contributed by atoms with Gasteiger partial charge in [-0.1, -0.05) is 0 Å². The average Bonchev–Trinajstić information content (AvgIpc) is 2.25. The Kier molecular flexibility index (Phi) is 4.40. The van der Waals surface area contributed by atoms with E-state index in [4.69, 9.17) is 4.74 Å². The highest BCUT2D eigenvalue weighted by molar-refractivity contribution is 5.74. The lowest BCUT2D eigenvalue weighted by atomic mass is 10.4. The van der Waals surface area contributed by atoms with E-state index in [1.54, 1.807) is 0 Å². The fraction of sp³-hybridized carbons (Fsp3) is 0.889. The molecule has 2 amide bonds. The number of morpholine rings is 1. The lowest BCUT2D eigenvalue weighted by molar-refractivity contribution is -0.136.